The van der Waals surface area contributed by atoms with Crippen LogP contribution in [0.2, 0.25) is 0 Å². The molecule has 1 amide bonds. The number of furan rings is 1. The number of quaternary nitrogens is 1. The molecule has 1 aromatic carbocycles. The van der Waals surface area contributed by atoms with E-state index in [-0.39, 0.29) is 17.6 Å². The van der Waals surface area contributed by atoms with Crippen molar-refractivity contribution in [3.63, 3.8) is 0 Å². The van der Waals surface area contributed by atoms with Gasteiger partial charge in [0.1, 0.15) is 13.1 Å². The maximum atomic E-state index is 12.3. The van der Waals surface area contributed by atoms with Crippen LogP contribution in [0.25, 0.3) is 0 Å². The number of benzene rings is 1. The first-order chi connectivity index (χ1) is 12.1. The third-order valence-corrected chi connectivity index (χ3v) is 4.32. The highest BCUT2D eigenvalue weighted by molar-refractivity contribution is 5.94. The van der Waals surface area contributed by atoms with Crippen LogP contribution in [0, 0.1) is 10.1 Å². The predicted octanol–water partition coefficient (Wildman–Crippen LogP) is 0.574. The van der Waals surface area contributed by atoms with Gasteiger partial charge in [-0.2, -0.15) is 0 Å². The molecule has 1 saturated heterocycles. The predicted molar refractivity (Wildman–Crippen MR) is 88.4 cm³/mol. The number of nitro benzene ring substituents is 1. The van der Waals surface area contributed by atoms with Crippen LogP contribution in [0.4, 0.5) is 5.69 Å². The Bertz CT molecular complexity index is 708. The first-order valence-electron chi connectivity index (χ1n) is 8.13. The fourth-order valence-electron chi connectivity index (χ4n) is 2.95. The molecular formula is C17H20N3O5+. The van der Waals surface area contributed by atoms with E-state index in [0.29, 0.717) is 25.3 Å². The van der Waals surface area contributed by atoms with E-state index in [1.165, 1.54) is 29.2 Å². The van der Waals surface area contributed by atoms with Gasteiger partial charge >= 0.3 is 0 Å². The number of rotatable bonds is 6. The van der Waals surface area contributed by atoms with Gasteiger partial charge in [0.2, 0.25) is 0 Å². The smallest absolute Gasteiger partial charge is 0.269 e. The number of carbonyl (C=O) groups is 1. The zero-order chi connectivity index (χ0) is 17.6. The van der Waals surface area contributed by atoms with Crippen molar-refractivity contribution < 1.29 is 23.8 Å². The molecule has 2 aromatic rings. The lowest BCUT2D eigenvalue weighted by molar-refractivity contribution is -0.938. The number of nitrogens with one attached hydrogen (secondary N) is 2. The summed E-state index contributed by atoms with van der Waals surface area (Å²) < 4.78 is 10.9. The van der Waals surface area contributed by atoms with Crippen molar-refractivity contribution >= 4 is 11.6 Å². The lowest BCUT2D eigenvalue weighted by Crippen LogP contribution is -3.15. The lowest BCUT2D eigenvalue weighted by atomic mass is 10.1. The third kappa shape index (κ3) is 4.23. The summed E-state index contributed by atoms with van der Waals surface area (Å²) in [6, 6.07) is 9.30. The molecule has 1 fully saturated rings. The van der Waals surface area contributed by atoms with Gasteiger partial charge in [-0.05, 0) is 24.3 Å². The van der Waals surface area contributed by atoms with Crippen LogP contribution in [0.1, 0.15) is 22.2 Å². The number of hydrogen-bond acceptors (Lipinski definition) is 5. The number of amides is 1. The van der Waals surface area contributed by atoms with E-state index in [0.717, 1.165) is 18.8 Å². The van der Waals surface area contributed by atoms with Crippen LogP contribution in [0.5, 0.6) is 0 Å². The lowest BCUT2D eigenvalue weighted by Gasteiger charge is -2.30. The summed E-state index contributed by atoms with van der Waals surface area (Å²) in [5, 5.41) is 13.6. The number of nitrogens with zero attached hydrogens (tertiary/aromatic N) is 1. The minimum atomic E-state index is -0.490. The highest BCUT2D eigenvalue weighted by Crippen LogP contribution is 2.13. The molecule has 1 aliphatic heterocycles. The van der Waals surface area contributed by atoms with Gasteiger partial charge in [0.25, 0.3) is 11.6 Å². The molecule has 0 spiro atoms. The molecule has 0 unspecified atom stereocenters. The Morgan fingerprint density at radius 1 is 1.24 bits per heavy atom. The number of hydrogen-bond donors (Lipinski definition) is 2. The van der Waals surface area contributed by atoms with Crippen LogP contribution in [-0.4, -0.2) is 43.7 Å². The Labute approximate surface area is 144 Å². The van der Waals surface area contributed by atoms with Crippen molar-refractivity contribution in [2.45, 2.75) is 6.04 Å². The van der Waals surface area contributed by atoms with E-state index < -0.39 is 4.92 Å². The van der Waals surface area contributed by atoms with Crippen LogP contribution < -0.4 is 10.2 Å². The summed E-state index contributed by atoms with van der Waals surface area (Å²) in [5.41, 5.74) is 0.351. The SMILES string of the molecule is O=C(NC[C@H](c1ccco1)[NH+]1CCOCC1)c1ccc([N+](=O)[O-])cc1. The summed E-state index contributed by atoms with van der Waals surface area (Å²) in [4.78, 5) is 23.8. The van der Waals surface area contributed by atoms with Crippen LogP contribution in [-0.2, 0) is 4.74 Å². The molecule has 1 atom stereocenters. The van der Waals surface area contributed by atoms with Gasteiger partial charge < -0.3 is 19.4 Å². The average Bonchev–Trinajstić information content (AvgIpc) is 3.17. The second-order valence-electron chi connectivity index (χ2n) is 5.85. The maximum absolute atomic E-state index is 12.3. The van der Waals surface area contributed by atoms with E-state index in [1.54, 1.807) is 6.26 Å². The summed E-state index contributed by atoms with van der Waals surface area (Å²) in [5.74, 6) is 0.556. The summed E-state index contributed by atoms with van der Waals surface area (Å²) in [7, 11) is 0. The van der Waals surface area contributed by atoms with Crippen molar-refractivity contribution in [1.29, 1.82) is 0 Å². The van der Waals surface area contributed by atoms with E-state index in [2.05, 4.69) is 5.32 Å². The summed E-state index contributed by atoms with van der Waals surface area (Å²) in [6.45, 7) is 3.47. The molecule has 8 nitrogen and oxygen atoms in total. The fourth-order valence-corrected chi connectivity index (χ4v) is 2.95. The van der Waals surface area contributed by atoms with Crippen molar-refractivity contribution in [3.8, 4) is 0 Å². The number of nitro groups is 1. The van der Waals surface area contributed by atoms with E-state index >= 15 is 0 Å². The Morgan fingerprint density at radius 3 is 2.56 bits per heavy atom. The Hall–Kier alpha value is -2.71. The van der Waals surface area contributed by atoms with Gasteiger partial charge in [-0.1, -0.05) is 0 Å². The van der Waals surface area contributed by atoms with Crippen LogP contribution in [0.15, 0.2) is 47.1 Å². The molecule has 25 heavy (non-hydrogen) atoms. The number of morpholine rings is 1. The first-order valence-corrected chi connectivity index (χ1v) is 8.13. The zero-order valence-corrected chi connectivity index (χ0v) is 13.6. The van der Waals surface area contributed by atoms with E-state index in [4.69, 9.17) is 9.15 Å². The van der Waals surface area contributed by atoms with Gasteiger partial charge in [0.05, 0.1) is 30.9 Å². The monoisotopic (exact) mass is 346 g/mol. The van der Waals surface area contributed by atoms with Crippen molar-refractivity contribution in [3.05, 3.63) is 64.1 Å². The summed E-state index contributed by atoms with van der Waals surface area (Å²) in [6.07, 6.45) is 1.63. The van der Waals surface area contributed by atoms with Crippen molar-refractivity contribution in [2.24, 2.45) is 0 Å². The van der Waals surface area contributed by atoms with E-state index in [9.17, 15) is 14.9 Å². The Balaban J connectivity index is 1.65. The van der Waals surface area contributed by atoms with Gasteiger partial charge in [-0.15, -0.1) is 0 Å². The minimum Gasteiger partial charge on any atom is -0.463 e. The average molecular weight is 346 g/mol. The van der Waals surface area contributed by atoms with Crippen molar-refractivity contribution in [2.75, 3.05) is 32.8 Å². The molecule has 132 valence electrons. The van der Waals surface area contributed by atoms with Crippen LogP contribution in [0.3, 0.4) is 0 Å². The molecule has 0 saturated carbocycles. The normalized spacial score (nSPS) is 16.3. The largest absolute Gasteiger partial charge is 0.463 e. The molecule has 3 rings (SSSR count). The second kappa shape index (κ2) is 7.91. The zero-order valence-electron chi connectivity index (χ0n) is 13.6. The molecule has 1 aliphatic rings. The second-order valence-corrected chi connectivity index (χ2v) is 5.85. The molecule has 2 N–H and O–H groups in total. The number of non-ortho nitro benzene ring substituents is 1. The molecule has 2 heterocycles. The number of ether oxygens (including phenoxy) is 1. The molecule has 8 heteroatoms. The molecule has 0 bridgehead atoms. The molecule has 1 aromatic heterocycles. The highest BCUT2D eigenvalue weighted by atomic mass is 16.6. The quantitative estimate of drug-likeness (QED) is 0.589. The van der Waals surface area contributed by atoms with Gasteiger partial charge in [-0.3, -0.25) is 14.9 Å². The van der Waals surface area contributed by atoms with E-state index in [1.807, 2.05) is 12.1 Å². The topological polar surface area (TPSA) is 99.0 Å². The van der Waals surface area contributed by atoms with Crippen molar-refractivity contribution in [1.82, 2.24) is 5.32 Å². The fraction of sp³-hybridized carbons (Fsp3) is 0.353. The summed E-state index contributed by atoms with van der Waals surface area (Å²) >= 11 is 0. The molecule has 0 aliphatic carbocycles. The Morgan fingerprint density at radius 2 is 1.96 bits per heavy atom. The van der Waals surface area contributed by atoms with Crippen LogP contribution >= 0.6 is 0 Å². The molecular weight excluding hydrogens is 326 g/mol. The number of carbonyl (C=O) groups excluding carboxylic acids is 1. The minimum absolute atomic E-state index is 0.000832. The van der Waals surface area contributed by atoms with Gasteiger partial charge in [0.15, 0.2) is 11.8 Å². The van der Waals surface area contributed by atoms with Gasteiger partial charge in [-0.25, -0.2) is 0 Å². The standard InChI is InChI=1S/C17H19N3O5/c21-17(13-3-5-14(6-4-13)20(22)23)18-12-15(16-2-1-9-25-16)19-7-10-24-11-8-19/h1-6,9,15H,7-8,10-12H2,(H,18,21)/p+1/t15-/m1/s1. The highest BCUT2D eigenvalue weighted by Gasteiger charge is 2.29. The Kier molecular flexibility index (Phi) is 5.42. The van der Waals surface area contributed by atoms with Gasteiger partial charge in [0, 0.05) is 17.7 Å². The first kappa shape index (κ1) is 17.1. The molecule has 0 radical (unpaired) electrons. The maximum Gasteiger partial charge on any atom is 0.269 e. The third-order valence-electron chi connectivity index (χ3n) is 4.32.